The van der Waals surface area contributed by atoms with E-state index < -0.39 is 16.9 Å². The van der Waals surface area contributed by atoms with E-state index in [1.54, 1.807) is 30.3 Å². The minimum absolute atomic E-state index is 0.191. The van der Waals surface area contributed by atoms with E-state index in [4.69, 9.17) is 9.15 Å². The second-order valence-electron chi connectivity index (χ2n) is 7.81. The van der Waals surface area contributed by atoms with Crippen molar-refractivity contribution >= 4 is 34.5 Å². The first-order valence-corrected chi connectivity index (χ1v) is 11.8. The standard InChI is InChI=1S/C26H19FN2O5S/c27-18-8-6-17(7-9-18)26-29(24(31)15-35-26)28-23(30)14-33-19-10-11-20-21(16-4-2-1-3-5-16)13-25(32)34-22(20)12-19/h1-13,26H,14-15H2,(H,28,30). The Morgan fingerprint density at radius 2 is 1.83 bits per heavy atom. The van der Waals surface area contributed by atoms with Crippen LogP contribution >= 0.6 is 11.8 Å². The Morgan fingerprint density at radius 1 is 1.06 bits per heavy atom. The molecule has 35 heavy (non-hydrogen) atoms. The Morgan fingerprint density at radius 3 is 2.60 bits per heavy atom. The average molecular weight is 491 g/mol. The van der Waals surface area contributed by atoms with Crippen LogP contribution in [-0.4, -0.2) is 29.2 Å². The van der Waals surface area contributed by atoms with Gasteiger partial charge in [-0.05, 0) is 41.0 Å². The highest BCUT2D eigenvalue weighted by Gasteiger charge is 2.34. The first kappa shape index (κ1) is 22.7. The summed E-state index contributed by atoms with van der Waals surface area (Å²) < 4.78 is 24.2. The van der Waals surface area contributed by atoms with Gasteiger partial charge in [-0.1, -0.05) is 42.5 Å². The van der Waals surface area contributed by atoms with Crippen LogP contribution in [0.5, 0.6) is 5.75 Å². The SMILES string of the molecule is O=C(COc1ccc2c(-c3ccccc3)cc(=O)oc2c1)NN1C(=O)CSC1c1ccc(F)cc1. The monoisotopic (exact) mass is 490 g/mol. The lowest BCUT2D eigenvalue weighted by Crippen LogP contribution is -2.46. The van der Waals surface area contributed by atoms with Gasteiger partial charge in [0.25, 0.3) is 11.8 Å². The van der Waals surface area contributed by atoms with Crippen LogP contribution in [0.2, 0.25) is 0 Å². The molecule has 1 unspecified atom stereocenters. The summed E-state index contributed by atoms with van der Waals surface area (Å²) in [6, 6.07) is 21.7. The molecule has 2 heterocycles. The summed E-state index contributed by atoms with van der Waals surface area (Å²) in [5.41, 5.74) is 4.71. The number of benzene rings is 3. The molecule has 1 aromatic heterocycles. The number of amides is 2. The fourth-order valence-corrected chi connectivity index (χ4v) is 4.93. The second kappa shape index (κ2) is 9.63. The lowest BCUT2D eigenvalue weighted by molar-refractivity contribution is -0.140. The zero-order chi connectivity index (χ0) is 24.4. The van der Waals surface area contributed by atoms with Crippen LogP contribution < -0.4 is 15.8 Å². The zero-order valence-corrected chi connectivity index (χ0v) is 19.1. The van der Waals surface area contributed by atoms with Gasteiger partial charge in [0.15, 0.2) is 6.61 Å². The fraction of sp³-hybridized carbons (Fsp3) is 0.115. The molecule has 3 aromatic carbocycles. The smallest absolute Gasteiger partial charge is 0.336 e. The third-order valence-corrected chi connectivity index (χ3v) is 6.65. The van der Waals surface area contributed by atoms with Gasteiger partial charge < -0.3 is 9.15 Å². The lowest BCUT2D eigenvalue weighted by atomic mass is 10.0. The van der Waals surface area contributed by atoms with Crippen molar-refractivity contribution in [1.82, 2.24) is 10.4 Å². The molecule has 1 atom stereocenters. The highest BCUT2D eigenvalue weighted by Crippen LogP contribution is 2.37. The number of ether oxygens (including phenoxy) is 1. The van der Waals surface area contributed by atoms with E-state index in [1.807, 2.05) is 30.3 Å². The highest BCUT2D eigenvalue weighted by atomic mass is 32.2. The molecule has 1 fully saturated rings. The highest BCUT2D eigenvalue weighted by molar-refractivity contribution is 8.00. The molecule has 0 aliphatic carbocycles. The van der Waals surface area contributed by atoms with Gasteiger partial charge in [-0.2, -0.15) is 0 Å². The van der Waals surface area contributed by atoms with Crippen LogP contribution in [0.3, 0.4) is 0 Å². The van der Waals surface area contributed by atoms with E-state index in [9.17, 15) is 18.8 Å². The molecule has 176 valence electrons. The normalized spacial score (nSPS) is 15.4. The van der Waals surface area contributed by atoms with E-state index in [0.717, 1.165) is 16.5 Å². The van der Waals surface area contributed by atoms with Gasteiger partial charge in [-0.15, -0.1) is 11.8 Å². The fourth-order valence-electron chi connectivity index (χ4n) is 3.82. The number of carbonyl (C=O) groups is 2. The molecule has 2 amide bonds. The maximum absolute atomic E-state index is 13.2. The topological polar surface area (TPSA) is 88.8 Å². The third-order valence-electron chi connectivity index (χ3n) is 5.44. The van der Waals surface area contributed by atoms with Gasteiger partial charge in [0.2, 0.25) is 0 Å². The van der Waals surface area contributed by atoms with E-state index in [2.05, 4.69) is 5.43 Å². The summed E-state index contributed by atoms with van der Waals surface area (Å²) in [5.74, 6) is -0.657. The predicted octanol–water partition coefficient (Wildman–Crippen LogP) is 4.28. The van der Waals surface area contributed by atoms with Crippen molar-refractivity contribution in [2.24, 2.45) is 0 Å². The molecular weight excluding hydrogens is 471 g/mol. The molecule has 0 radical (unpaired) electrons. The number of hydrogen-bond donors (Lipinski definition) is 1. The van der Waals surface area contributed by atoms with Crippen molar-refractivity contribution < 1.29 is 23.1 Å². The molecule has 1 aliphatic heterocycles. The Balaban J connectivity index is 1.29. The van der Waals surface area contributed by atoms with Gasteiger partial charge in [0.05, 0.1) is 5.75 Å². The van der Waals surface area contributed by atoms with Gasteiger partial charge in [0, 0.05) is 17.5 Å². The van der Waals surface area contributed by atoms with E-state index in [-0.39, 0.29) is 24.1 Å². The van der Waals surface area contributed by atoms with Crippen LogP contribution in [0.15, 0.2) is 88.1 Å². The molecule has 0 saturated carbocycles. The second-order valence-corrected chi connectivity index (χ2v) is 8.87. The first-order chi connectivity index (χ1) is 17.0. The van der Waals surface area contributed by atoms with Gasteiger partial charge >= 0.3 is 5.63 Å². The molecule has 0 spiro atoms. The van der Waals surface area contributed by atoms with Crippen LogP contribution in [-0.2, 0) is 9.59 Å². The van der Waals surface area contributed by atoms with Crippen LogP contribution in [0.1, 0.15) is 10.9 Å². The Hall–Kier alpha value is -4.11. The van der Waals surface area contributed by atoms with E-state index in [0.29, 0.717) is 16.9 Å². The Bertz CT molecular complexity index is 1460. The summed E-state index contributed by atoms with van der Waals surface area (Å²) in [6.45, 7) is -0.362. The number of carbonyl (C=O) groups excluding carboxylic acids is 2. The number of hydrogen-bond acceptors (Lipinski definition) is 6. The maximum atomic E-state index is 13.2. The number of halogens is 1. The largest absolute Gasteiger partial charge is 0.484 e. The van der Waals surface area contributed by atoms with Gasteiger partial charge in [0.1, 0.15) is 22.5 Å². The van der Waals surface area contributed by atoms with Gasteiger partial charge in [-0.3, -0.25) is 15.0 Å². The minimum atomic E-state index is -0.535. The molecule has 5 rings (SSSR count). The molecule has 1 N–H and O–H groups in total. The molecule has 1 aliphatic rings. The number of rotatable bonds is 6. The van der Waals surface area contributed by atoms with Crippen LogP contribution in [0, 0.1) is 5.82 Å². The number of hydrazine groups is 1. The predicted molar refractivity (Wildman–Crippen MR) is 130 cm³/mol. The minimum Gasteiger partial charge on any atom is -0.484 e. The molecular formula is C26H19FN2O5S. The molecule has 0 bridgehead atoms. The van der Waals surface area contributed by atoms with Crippen molar-refractivity contribution in [3.63, 3.8) is 0 Å². The number of fused-ring (bicyclic) bond motifs is 1. The van der Waals surface area contributed by atoms with Crippen LogP contribution in [0.4, 0.5) is 4.39 Å². The van der Waals surface area contributed by atoms with E-state index in [1.165, 1.54) is 35.0 Å². The Labute approximate surface area is 203 Å². The summed E-state index contributed by atoms with van der Waals surface area (Å²) in [6.07, 6.45) is 0. The van der Waals surface area contributed by atoms with Crippen molar-refractivity contribution in [3.8, 4) is 16.9 Å². The zero-order valence-electron chi connectivity index (χ0n) is 18.3. The number of nitrogens with zero attached hydrogens (tertiary/aromatic N) is 1. The van der Waals surface area contributed by atoms with Crippen LogP contribution in [0.25, 0.3) is 22.1 Å². The van der Waals surface area contributed by atoms with Crippen molar-refractivity contribution in [3.05, 3.63) is 101 Å². The maximum Gasteiger partial charge on any atom is 0.336 e. The summed E-state index contributed by atoms with van der Waals surface area (Å²) >= 11 is 1.33. The molecule has 7 nitrogen and oxygen atoms in total. The molecule has 1 saturated heterocycles. The van der Waals surface area contributed by atoms with Crippen molar-refractivity contribution in [2.45, 2.75) is 5.37 Å². The number of nitrogens with one attached hydrogen (secondary N) is 1. The summed E-state index contributed by atoms with van der Waals surface area (Å²) in [5, 5.41) is 1.50. The average Bonchev–Trinajstić information content (AvgIpc) is 3.22. The molecule has 9 heteroatoms. The lowest BCUT2D eigenvalue weighted by Gasteiger charge is -2.24. The summed E-state index contributed by atoms with van der Waals surface area (Å²) in [7, 11) is 0. The third kappa shape index (κ3) is 4.90. The first-order valence-electron chi connectivity index (χ1n) is 10.7. The van der Waals surface area contributed by atoms with Crippen molar-refractivity contribution in [2.75, 3.05) is 12.4 Å². The number of thioether (sulfide) groups is 1. The Kier molecular flexibility index (Phi) is 6.24. The summed E-state index contributed by atoms with van der Waals surface area (Å²) in [4.78, 5) is 36.9. The quantitative estimate of drug-likeness (QED) is 0.406. The van der Waals surface area contributed by atoms with E-state index >= 15 is 0 Å². The van der Waals surface area contributed by atoms with Crippen molar-refractivity contribution in [1.29, 1.82) is 0 Å². The van der Waals surface area contributed by atoms with Gasteiger partial charge in [-0.25, -0.2) is 14.2 Å². The molecule has 4 aromatic rings.